The summed E-state index contributed by atoms with van der Waals surface area (Å²) in [5.74, 6) is -0.727. The molecule has 0 spiro atoms. The van der Waals surface area contributed by atoms with Gasteiger partial charge in [-0.25, -0.2) is 9.59 Å². The molecule has 0 radical (unpaired) electrons. The van der Waals surface area contributed by atoms with Crippen molar-refractivity contribution in [1.29, 1.82) is 0 Å². The zero-order valence-electron chi connectivity index (χ0n) is 11.3. The standard InChI is InChI=1S/C14H18N2O4/c1-14(7-4-8-14)16-13(19)15-10-5-2-3-6-11(10)20-9-12(17)18/h2-3,5-6H,4,7-9H2,1H3,(H,17,18)(H2,15,16,19). The fraction of sp³-hybridized carbons (Fsp3) is 0.429. The van der Waals surface area contributed by atoms with Gasteiger partial charge in [-0.05, 0) is 38.3 Å². The van der Waals surface area contributed by atoms with Gasteiger partial charge in [-0.3, -0.25) is 0 Å². The number of aliphatic carboxylic acids is 1. The number of ether oxygens (including phenoxy) is 1. The third-order valence-corrected chi connectivity index (χ3v) is 3.36. The van der Waals surface area contributed by atoms with Crippen molar-refractivity contribution in [3.05, 3.63) is 24.3 Å². The summed E-state index contributed by atoms with van der Waals surface area (Å²) in [5, 5.41) is 14.2. The molecule has 1 aliphatic carbocycles. The predicted octanol–water partition coefficient (Wildman–Crippen LogP) is 2.21. The van der Waals surface area contributed by atoms with Crippen LogP contribution in [0.5, 0.6) is 5.75 Å². The van der Waals surface area contributed by atoms with Crippen molar-refractivity contribution in [3.63, 3.8) is 0 Å². The number of carbonyl (C=O) groups is 2. The molecule has 1 aliphatic rings. The highest BCUT2D eigenvalue weighted by molar-refractivity contribution is 5.91. The van der Waals surface area contributed by atoms with Gasteiger partial charge >= 0.3 is 12.0 Å². The molecular formula is C14H18N2O4. The van der Waals surface area contributed by atoms with E-state index in [0.717, 1.165) is 19.3 Å². The van der Waals surface area contributed by atoms with Crippen LogP contribution in [0, 0.1) is 0 Å². The van der Waals surface area contributed by atoms with E-state index in [1.165, 1.54) is 0 Å². The Bertz CT molecular complexity index is 512. The normalized spacial score (nSPS) is 15.8. The Balaban J connectivity index is 1.97. The highest BCUT2D eigenvalue weighted by Crippen LogP contribution is 2.31. The molecule has 3 N–H and O–H groups in total. The van der Waals surface area contributed by atoms with Gasteiger partial charge in [0.1, 0.15) is 5.75 Å². The van der Waals surface area contributed by atoms with Crippen LogP contribution in [-0.4, -0.2) is 29.3 Å². The quantitative estimate of drug-likeness (QED) is 0.770. The van der Waals surface area contributed by atoms with Crippen LogP contribution in [0.2, 0.25) is 0 Å². The van der Waals surface area contributed by atoms with Gasteiger partial charge in [0.05, 0.1) is 5.69 Å². The first-order chi connectivity index (χ1) is 9.48. The molecule has 1 fully saturated rings. The monoisotopic (exact) mass is 278 g/mol. The van der Waals surface area contributed by atoms with E-state index < -0.39 is 12.6 Å². The number of hydrogen-bond donors (Lipinski definition) is 3. The van der Waals surface area contributed by atoms with Crippen molar-refractivity contribution in [1.82, 2.24) is 5.32 Å². The molecule has 2 amide bonds. The summed E-state index contributed by atoms with van der Waals surface area (Å²) in [6.45, 7) is 1.56. The van der Waals surface area contributed by atoms with Crippen LogP contribution in [0.1, 0.15) is 26.2 Å². The van der Waals surface area contributed by atoms with Crippen LogP contribution in [0.3, 0.4) is 0 Å². The third-order valence-electron chi connectivity index (χ3n) is 3.36. The van der Waals surface area contributed by atoms with Crippen LogP contribution < -0.4 is 15.4 Å². The Morgan fingerprint density at radius 2 is 2.05 bits per heavy atom. The number of carboxylic acids is 1. The topological polar surface area (TPSA) is 87.7 Å². The SMILES string of the molecule is CC1(NC(=O)Nc2ccccc2OCC(=O)O)CCC1. The van der Waals surface area contributed by atoms with Gasteiger partial charge < -0.3 is 20.5 Å². The van der Waals surface area contributed by atoms with Crippen molar-refractivity contribution in [2.75, 3.05) is 11.9 Å². The molecule has 0 atom stereocenters. The number of carbonyl (C=O) groups excluding carboxylic acids is 1. The summed E-state index contributed by atoms with van der Waals surface area (Å²) in [4.78, 5) is 22.4. The van der Waals surface area contributed by atoms with Crippen LogP contribution in [0.25, 0.3) is 0 Å². The van der Waals surface area contributed by atoms with E-state index in [-0.39, 0.29) is 11.6 Å². The lowest BCUT2D eigenvalue weighted by Crippen LogP contribution is -2.52. The average Bonchev–Trinajstić information content (AvgIpc) is 2.35. The van der Waals surface area contributed by atoms with Crippen LogP contribution in [0.4, 0.5) is 10.5 Å². The molecule has 0 saturated heterocycles. The number of anilines is 1. The summed E-state index contributed by atoms with van der Waals surface area (Å²) in [6.07, 6.45) is 3.06. The van der Waals surface area contributed by atoms with Gasteiger partial charge in [0.25, 0.3) is 0 Å². The predicted molar refractivity (Wildman–Crippen MR) is 74.0 cm³/mol. The lowest BCUT2D eigenvalue weighted by atomic mass is 9.79. The maximum Gasteiger partial charge on any atom is 0.341 e. The zero-order chi connectivity index (χ0) is 14.6. The smallest absolute Gasteiger partial charge is 0.341 e. The molecule has 1 aromatic carbocycles. The molecule has 2 rings (SSSR count). The van der Waals surface area contributed by atoms with E-state index in [0.29, 0.717) is 11.4 Å². The number of rotatable bonds is 5. The van der Waals surface area contributed by atoms with Gasteiger partial charge in [-0.2, -0.15) is 0 Å². The number of hydrogen-bond acceptors (Lipinski definition) is 3. The van der Waals surface area contributed by atoms with Gasteiger partial charge in [-0.15, -0.1) is 0 Å². The maximum absolute atomic E-state index is 11.9. The summed E-state index contributed by atoms with van der Waals surface area (Å²) >= 11 is 0. The molecule has 20 heavy (non-hydrogen) atoms. The molecular weight excluding hydrogens is 260 g/mol. The number of carboxylic acid groups (broad SMARTS) is 1. The van der Waals surface area contributed by atoms with Gasteiger partial charge in [-0.1, -0.05) is 12.1 Å². The summed E-state index contributed by atoms with van der Waals surface area (Å²) in [7, 11) is 0. The van der Waals surface area contributed by atoms with E-state index in [1.54, 1.807) is 24.3 Å². The second-order valence-corrected chi connectivity index (χ2v) is 5.17. The summed E-state index contributed by atoms with van der Waals surface area (Å²) in [6, 6.07) is 6.43. The van der Waals surface area contributed by atoms with Crippen molar-refractivity contribution < 1.29 is 19.4 Å². The first-order valence-electron chi connectivity index (χ1n) is 6.51. The zero-order valence-corrected chi connectivity index (χ0v) is 11.3. The van der Waals surface area contributed by atoms with Gasteiger partial charge in [0.15, 0.2) is 6.61 Å². The van der Waals surface area contributed by atoms with E-state index in [9.17, 15) is 9.59 Å². The number of benzene rings is 1. The number of para-hydroxylation sites is 2. The van der Waals surface area contributed by atoms with E-state index in [2.05, 4.69) is 10.6 Å². The molecule has 6 heteroatoms. The van der Waals surface area contributed by atoms with Crippen molar-refractivity contribution in [2.45, 2.75) is 31.7 Å². The highest BCUT2D eigenvalue weighted by atomic mass is 16.5. The van der Waals surface area contributed by atoms with Crippen LogP contribution in [0.15, 0.2) is 24.3 Å². The van der Waals surface area contributed by atoms with E-state index in [1.807, 2.05) is 6.92 Å². The van der Waals surface area contributed by atoms with Crippen LogP contribution in [-0.2, 0) is 4.79 Å². The lowest BCUT2D eigenvalue weighted by Gasteiger charge is -2.39. The minimum Gasteiger partial charge on any atom is -0.480 e. The average molecular weight is 278 g/mol. The molecule has 108 valence electrons. The molecule has 6 nitrogen and oxygen atoms in total. The Morgan fingerprint density at radius 1 is 1.35 bits per heavy atom. The first kappa shape index (κ1) is 14.2. The Kier molecular flexibility index (Phi) is 4.12. The fourth-order valence-corrected chi connectivity index (χ4v) is 2.10. The minimum absolute atomic E-state index is 0.138. The molecule has 1 saturated carbocycles. The fourth-order valence-electron chi connectivity index (χ4n) is 2.10. The van der Waals surface area contributed by atoms with Crippen molar-refractivity contribution in [2.24, 2.45) is 0 Å². The second kappa shape index (κ2) is 5.81. The first-order valence-corrected chi connectivity index (χ1v) is 6.51. The second-order valence-electron chi connectivity index (χ2n) is 5.17. The lowest BCUT2D eigenvalue weighted by molar-refractivity contribution is -0.139. The van der Waals surface area contributed by atoms with Crippen LogP contribution >= 0.6 is 0 Å². The molecule has 0 aliphatic heterocycles. The summed E-state index contributed by atoms with van der Waals surface area (Å²) in [5.41, 5.74) is 0.315. The Hall–Kier alpha value is -2.24. The molecule has 0 heterocycles. The number of amides is 2. The molecule has 0 aromatic heterocycles. The third kappa shape index (κ3) is 3.63. The minimum atomic E-state index is -1.06. The van der Waals surface area contributed by atoms with Gasteiger partial charge in [0.2, 0.25) is 0 Å². The van der Waals surface area contributed by atoms with E-state index >= 15 is 0 Å². The molecule has 1 aromatic rings. The highest BCUT2D eigenvalue weighted by Gasteiger charge is 2.33. The number of nitrogens with one attached hydrogen (secondary N) is 2. The maximum atomic E-state index is 11.9. The number of urea groups is 1. The van der Waals surface area contributed by atoms with Crippen molar-refractivity contribution >= 4 is 17.7 Å². The molecule has 0 unspecified atom stereocenters. The largest absolute Gasteiger partial charge is 0.480 e. The Morgan fingerprint density at radius 3 is 2.65 bits per heavy atom. The Labute approximate surface area is 117 Å². The van der Waals surface area contributed by atoms with Gasteiger partial charge in [0, 0.05) is 5.54 Å². The summed E-state index contributed by atoms with van der Waals surface area (Å²) < 4.78 is 5.13. The van der Waals surface area contributed by atoms with Crippen molar-refractivity contribution in [3.8, 4) is 5.75 Å². The molecule has 0 bridgehead atoms. The van der Waals surface area contributed by atoms with E-state index in [4.69, 9.17) is 9.84 Å².